The van der Waals surface area contributed by atoms with E-state index >= 15 is 0 Å². The van der Waals surface area contributed by atoms with Gasteiger partial charge >= 0.3 is 16.1 Å². The van der Waals surface area contributed by atoms with Crippen molar-refractivity contribution in [1.82, 2.24) is 10.8 Å². The van der Waals surface area contributed by atoms with Gasteiger partial charge in [-0.15, -0.1) is 9.81 Å². The van der Waals surface area contributed by atoms with Crippen molar-refractivity contribution in [3.63, 3.8) is 0 Å². The highest BCUT2D eigenvalue weighted by Crippen LogP contribution is 2.28. The zero-order chi connectivity index (χ0) is 20.8. The van der Waals surface area contributed by atoms with E-state index in [2.05, 4.69) is 17.2 Å². The van der Waals surface area contributed by atoms with Crippen molar-refractivity contribution < 1.29 is 36.9 Å². The first-order valence-electron chi connectivity index (χ1n) is 8.44. The highest BCUT2D eigenvalue weighted by molar-refractivity contribution is 7.86. The summed E-state index contributed by atoms with van der Waals surface area (Å²) >= 11 is 0. The molecule has 1 aliphatic rings. The van der Waals surface area contributed by atoms with Crippen molar-refractivity contribution in [2.75, 3.05) is 26.2 Å². The molecule has 0 radical (unpaired) electrons. The van der Waals surface area contributed by atoms with Crippen LogP contribution in [0, 0.1) is 11.8 Å². The van der Waals surface area contributed by atoms with Crippen LogP contribution in [0.2, 0.25) is 0 Å². The first-order chi connectivity index (χ1) is 13.3. The largest absolute Gasteiger partial charge is 0.529 e. The fourth-order valence-electron chi connectivity index (χ4n) is 2.91. The Hall–Kier alpha value is -2.65. The molecule has 1 fully saturated rings. The Bertz CT molecular complexity index is 890. The number of carbonyl (C=O) groups excluding carboxylic acids is 1. The van der Waals surface area contributed by atoms with E-state index in [0.29, 0.717) is 5.75 Å². The van der Waals surface area contributed by atoms with Gasteiger partial charge in [-0.3, -0.25) is 10.0 Å². The summed E-state index contributed by atoms with van der Waals surface area (Å²) in [5.41, 5.74) is 1.49. The number of hydroxylamine groups is 1. The summed E-state index contributed by atoms with van der Waals surface area (Å²) in [6, 6.07) is 4.53. The molecule has 0 bridgehead atoms. The molecule has 1 aromatic rings. The molecule has 0 saturated carbocycles. The molecule has 10 nitrogen and oxygen atoms in total. The SMILES string of the molecule is CC#CCOc1ccc(S(=O)(=O)[N+]2(C(=O)O)CCNC(C(=O)NO)CC2)cc1. The van der Waals surface area contributed by atoms with E-state index in [1.54, 1.807) is 6.92 Å². The van der Waals surface area contributed by atoms with Crippen LogP contribution in [0.1, 0.15) is 13.3 Å². The molecule has 11 heteroatoms. The van der Waals surface area contributed by atoms with Gasteiger partial charge in [0.15, 0.2) is 0 Å². The first kappa shape index (κ1) is 21.6. The number of nitrogens with zero attached hydrogens (tertiary/aromatic N) is 1. The van der Waals surface area contributed by atoms with E-state index in [9.17, 15) is 23.1 Å². The maximum atomic E-state index is 13.2. The van der Waals surface area contributed by atoms with Crippen LogP contribution in [0.15, 0.2) is 29.2 Å². The highest BCUT2D eigenvalue weighted by atomic mass is 32.2. The van der Waals surface area contributed by atoms with Crippen LogP contribution < -0.4 is 15.5 Å². The smallest absolute Gasteiger partial charge is 0.481 e. The zero-order valence-corrected chi connectivity index (χ0v) is 16.0. The molecule has 2 atom stereocenters. The van der Waals surface area contributed by atoms with Gasteiger partial charge in [0.2, 0.25) is 0 Å². The summed E-state index contributed by atoms with van der Waals surface area (Å²) < 4.78 is 30.4. The Kier molecular flexibility index (Phi) is 6.98. The number of carboxylic acid groups (broad SMARTS) is 1. The van der Waals surface area contributed by atoms with E-state index < -0.39 is 32.0 Å². The summed E-state index contributed by atoms with van der Waals surface area (Å²) in [6.45, 7) is 1.15. The van der Waals surface area contributed by atoms with E-state index in [1.807, 2.05) is 0 Å². The Balaban J connectivity index is 2.32. The molecule has 2 amide bonds. The van der Waals surface area contributed by atoms with Crippen LogP contribution in [0.5, 0.6) is 5.75 Å². The lowest BCUT2D eigenvalue weighted by Crippen LogP contribution is -2.57. The maximum Gasteiger partial charge on any atom is 0.529 e. The van der Waals surface area contributed by atoms with Crippen LogP contribution in [0.3, 0.4) is 0 Å². The number of benzene rings is 1. The number of carbonyl (C=O) groups is 2. The second-order valence-corrected chi connectivity index (χ2v) is 8.17. The van der Waals surface area contributed by atoms with Gasteiger partial charge in [-0.2, -0.15) is 13.2 Å². The Morgan fingerprint density at radius 3 is 2.57 bits per heavy atom. The fourth-order valence-corrected chi connectivity index (χ4v) is 4.67. The average Bonchev–Trinajstić information content (AvgIpc) is 2.92. The van der Waals surface area contributed by atoms with Gasteiger partial charge in [0, 0.05) is 13.0 Å². The second kappa shape index (κ2) is 9.03. The lowest BCUT2D eigenvalue weighted by atomic mass is 10.2. The van der Waals surface area contributed by atoms with E-state index in [1.165, 1.54) is 29.7 Å². The molecule has 0 spiro atoms. The Morgan fingerprint density at radius 2 is 2.00 bits per heavy atom. The predicted octanol–water partition coefficient (Wildman–Crippen LogP) is 0.140. The van der Waals surface area contributed by atoms with Crippen LogP contribution >= 0.6 is 0 Å². The Labute approximate surface area is 162 Å². The molecule has 0 aromatic heterocycles. The fraction of sp³-hybridized carbons (Fsp3) is 0.412. The number of nitrogens with one attached hydrogen (secondary N) is 2. The van der Waals surface area contributed by atoms with Gasteiger partial charge in [-0.05, 0) is 31.2 Å². The standard InChI is InChI=1S/C17H21N3O7S/c1-2-3-12-27-13-4-6-14(7-5-13)28(25,26)20(17(22)23)10-8-15(16(21)19-24)18-9-11-20/h4-7,15,18H,8-12H2,1H3,(H2-,19,21,22,23,24)/p+1. The molecule has 1 aromatic carbocycles. The molecule has 28 heavy (non-hydrogen) atoms. The minimum atomic E-state index is -4.32. The highest BCUT2D eigenvalue weighted by Gasteiger charge is 2.52. The molecule has 1 saturated heterocycles. The van der Waals surface area contributed by atoms with Gasteiger partial charge in [0.05, 0.1) is 6.04 Å². The lowest BCUT2D eigenvalue weighted by molar-refractivity contribution is -0.728. The minimum Gasteiger partial charge on any atom is -0.481 e. The van der Waals surface area contributed by atoms with Gasteiger partial charge in [-0.25, -0.2) is 5.48 Å². The molecule has 4 N–H and O–H groups in total. The maximum absolute atomic E-state index is 13.2. The number of hydrogen-bond donors (Lipinski definition) is 4. The zero-order valence-electron chi connectivity index (χ0n) is 15.2. The number of amides is 2. The summed E-state index contributed by atoms with van der Waals surface area (Å²) in [7, 11) is -4.32. The van der Waals surface area contributed by atoms with Crippen molar-refractivity contribution in [2.45, 2.75) is 24.3 Å². The molecule has 152 valence electrons. The molecule has 0 aliphatic carbocycles. The van der Waals surface area contributed by atoms with Crippen LogP contribution in [0.25, 0.3) is 0 Å². The minimum absolute atomic E-state index is 0.0412. The van der Waals surface area contributed by atoms with Crippen molar-refractivity contribution in [1.29, 1.82) is 0 Å². The van der Waals surface area contributed by atoms with Crippen LogP contribution in [-0.4, -0.2) is 66.9 Å². The summed E-state index contributed by atoms with van der Waals surface area (Å²) in [5, 5.41) is 21.3. The molecular formula is C17H22N3O7S+. The number of hydrogen-bond acceptors (Lipinski definition) is 7. The third-order valence-electron chi connectivity index (χ3n) is 4.49. The van der Waals surface area contributed by atoms with E-state index in [-0.39, 0.29) is 37.6 Å². The summed E-state index contributed by atoms with van der Waals surface area (Å²) in [4.78, 5) is 23.5. The molecule has 2 unspecified atom stereocenters. The van der Waals surface area contributed by atoms with Crippen LogP contribution in [0.4, 0.5) is 4.79 Å². The van der Waals surface area contributed by atoms with E-state index in [4.69, 9.17) is 9.94 Å². The van der Waals surface area contributed by atoms with Crippen molar-refractivity contribution in [3.8, 4) is 17.6 Å². The average molecular weight is 412 g/mol. The monoisotopic (exact) mass is 412 g/mol. The van der Waals surface area contributed by atoms with Gasteiger partial charge in [-0.1, -0.05) is 5.92 Å². The quantitative estimate of drug-likeness (QED) is 0.232. The van der Waals surface area contributed by atoms with Crippen molar-refractivity contribution >= 4 is 22.0 Å². The third kappa shape index (κ3) is 4.26. The Morgan fingerprint density at radius 1 is 1.32 bits per heavy atom. The van der Waals surface area contributed by atoms with Crippen molar-refractivity contribution in [2.24, 2.45) is 0 Å². The number of sulfonamides is 1. The number of quaternary nitrogens is 1. The first-order valence-corrected chi connectivity index (χ1v) is 9.88. The number of rotatable bonds is 5. The molecule has 1 aliphatic heterocycles. The summed E-state index contributed by atoms with van der Waals surface area (Å²) in [5.74, 6) is 5.03. The molecular weight excluding hydrogens is 390 g/mol. The number of ether oxygens (including phenoxy) is 1. The summed E-state index contributed by atoms with van der Waals surface area (Å²) in [6.07, 6.45) is -1.63. The van der Waals surface area contributed by atoms with Gasteiger partial charge < -0.3 is 15.2 Å². The third-order valence-corrected chi connectivity index (χ3v) is 6.80. The van der Waals surface area contributed by atoms with Crippen LogP contribution in [-0.2, 0) is 14.8 Å². The topological polar surface area (TPSA) is 142 Å². The second-order valence-electron chi connectivity index (χ2n) is 6.05. The van der Waals surface area contributed by atoms with Crippen molar-refractivity contribution in [3.05, 3.63) is 24.3 Å². The predicted molar refractivity (Wildman–Crippen MR) is 96.9 cm³/mol. The lowest BCUT2D eigenvalue weighted by Gasteiger charge is -2.29. The van der Waals surface area contributed by atoms with Gasteiger partial charge in [0.1, 0.15) is 30.3 Å². The van der Waals surface area contributed by atoms with E-state index in [0.717, 1.165) is 0 Å². The molecule has 1 heterocycles. The molecule has 2 rings (SSSR count). The van der Waals surface area contributed by atoms with Gasteiger partial charge in [0.25, 0.3) is 5.91 Å². The normalized spacial score (nSPS) is 22.3.